The molecule has 0 fully saturated rings. The summed E-state index contributed by atoms with van der Waals surface area (Å²) in [6, 6.07) is 14.7. The second kappa shape index (κ2) is 7.18. The van der Waals surface area contributed by atoms with Crippen molar-refractivity contribution in [1.29, 1.82) is 0 Å². The Morgan fingerprint density at radius 2 is 1.81 bits per heavy atom. The number of methoxy groups -OCH3 is 1. The number of rotatable bonds is 3. The number of carbonyl (C=O) groups excluding carboxylic acids is 2. The van der Waals surface area contributed by atoms with E-state index in [1.807, 2.05) is 49.4 Å². The van der Waals surface area contributed by atoms with Gasteiger partial charge in [0.2, 0.25) is 0 Å². The average molecular weight is 368 g/mol. The van der Waals surface area contributed by atoms with E-state index in [0.717, 1.165) is 11.1 Å². The normalized spacial score (nSPS) is 15.8. The molecule has 1 amide bonds. The van der Waals surface area contributed by atoms with Gasteiger partial charge in [-0.05, 0) is 43.2 Å². The highest BCUT2D eigenvalue weighted by atomic mass is 35.5. The molecule has 1 aliphatic heterocycles. The van der Waals surface area contributed by atoms with Gasteiger partial charge in [-0.3, -0.25) is 9.69 Å². The van der Waals surface area contributed by atoms with Crippen LogP contribution in [0.1, 0.15) is 18.1 Å². The van der Waals surface area contributed by atoms with Crippen LogP contribution in [0, 0.1) is 6.92 Å². The molecule has 0 aliphatic carbocycles. The van der Waals surface area contributed by atoms with Gasteiger partial charge in [-0.25, -0.2) is 4.79 Å². The maximum atomic E-state index is 13.1. The molecular weight excluding hydrogens is 350 g/mol. The van der Waals surface area contributed by atoms with Crippen molar-refractivity contribution in [1.82, 2.24) is 0 Å². The molecule has 2 aromatic rings. The minimum atomic E-state index is -0.543. The van der Waals surface area contributed by atoms with Crippen molar-refractivity contribution in [2.24, 2.45) is 0 Å². The van der Waals surface area contributed by atoms with E-state index >= 15 is 0 Å². The van der Waals surface area contributed by atoms with Crippen LogP contribution in [0.5, 0.6) is 0 Å². The smallest absolute Gasteiger partial charge is 0.340 e. The van der Waals surface area contributed by atoms with Gasteiger partial charge in [0.1, 0.15) is 0 Å². The number of hydrogen-bond donors (Lipinski definition) is 0. The highest BCUT2D eigenvalue weighted by molar-refractivity contribution is 6.32. The molecule has 26 heavy (non-hydrogen) atoms. The summed E-state index contributed by atoms with van der Waals surface area (Å²) in [6.07, 6.45) is 1.70. The van der Waals surface area contributed by atoms with Gasteiger partial charge in [-0.1, -0.05) is 48.0 Å². The van der Waals surface area contributed by atoms with Crippen molar-refractivity contribution in [3.63, 3.8) is 0 Å². The highest BCUT2D eigenvalue weighted by Crippen LogP contribution is 2.36. The molecule has 4 nitrogen and oxygen atoms in total. The summed E-state index contributed by atoms with van der Waals surface area (Å²) in [4.78, 5) is 26.9. The van der Waals surface area contributed by atoms with E-state index in [1.54, 1.807) is 19.1 Å². The van der Waals surface area contributed by atoms with Gasteiger partial charge < -0.3 is 4.74 Å². The number of ether oxygens (including phenoxy) is 1. The molecule has 132 valence electrons. The van der Waals surface area contributed by atoms with Crippen LogP contribution in [0.3, 0.4) is 0 Å². The minimum absolute atomic E-state index is 0.262. The van der Waals surface area contributed by atoms with Crippen LogP contribution >= 0.6 is 11.6 Å². The van der Waals surface area contributed by atoms with Crippen LogP contribution < -0.4 is 4.90 Å². The standard InChI is InChI=1S/C21H18ClNO3/c1-13-9-10-16(12-18(13)22)23-14(2)19(21(25)26-3)17(20(23)24)11-15-7-5-4-6-8-15/h4-12H,1-3H3/b17-11-. The summed E-state index contributed by atoms with van der Waals surface area (Å²) in [5.41, 5.74) is 3.44. The molecule has 0 saturated heterocycles. The number of benzene rings is 2. The summed E-state index contributed by atoms with van der Waals surface area (Å²) in [7, 11) is 1.30. The number of nitrogens with zero attached hydrogens (tertiary/aromatic N) is 1. The minimum Gasteiger partial charge on any atom is -0.465 e. The largest absolute Gasteiger partial charge is 0.465 e. The summed E-state index contributed by atoms with van der Waals surface area (Å²) in [5.74, 6) is -0.828. The fourth-order valence-electron chi connectivity index (χ4n) is 2.93. The van der Waals surface area contributed by atoms with Crippen LogP contribution in [0.2, 0.25) is 5.02 Å². The lowest BCUT2D eigenvalue weighted by atomic mass is 10.0. The number of hydrogen-bond acceptors (Lipinski definition) is 3. The van der Waals surface area contributed by atoms with E-state index in [4.69, 9.17) is 16.3 Å². The van der Waals surface area contributed by atoms with E-state index < -0.39 is 5.97 Å². The van der Waals surface area contributed by atoms with Crippen molar-refractivity contribution in [3.8, 4) is 0 Å². The summed E-state index contributed by atoms with van der Waals surface area (Å²) >= 11 is 6.22. The van der Waals surface area contributed by atoms with E-state index in [1.165, 1.54) is 12.0 Å². The monoisotopic (exact) mass is 367 g/mol. The molecule has 2 aromatic carbocycles. The van der Waals surface area contributed by atoms with Crippen molar-refractivity contribution < 1.29 is 14.3 Å². The molecule has 0 bridgehead atoms. The zero-order valence-electron chi connectivity index (χ0n) is 14.7. The maximum Gasteiger partial charge on any atom is 0.340 e. The molecule has 0 N–H and O–H groups in total. The van der Waals surface area contributed by atoms with Gasteiger partial charge in [0, 0.05) is 10.7 Å². The van der Waals surface area contributed by atoms with Crippen LogP contribution in [0.4, 0.5) is 5.69 Å². The summed E-state index contributed by atoms with van der Waals surface area (Å²) in [5, 5.41) is 0.559. The van der Waals surface area contributed by atoms with E-state index in [9.17, 15) is 9.59 Å². The number of halogens is 1. The van der Waals surface area contributed by atoms with E-state index in [2.05, 4.69) is 0 Å². The molecule has 0 radical (unpaired) electrons. The van der Waals surface area contributed by atoms with Crippen LogP contribution in [-0.4, -0.2) is 19.0 Å². The first-order valence-corrected chi connectivity index (χ1v) is 8.48. The molecule has 1 heterocycles. The van der Waals surface area contributed by atoms with E-state index in [-0.39, 0.29) is 11.5 Å². The summed E-state index contributed by atoms with van der Waals surface area (Å²) < 4.78 is 4.91. The number of aryl methyl sites for hydroxylation is 1. The Balaban J connectivity index is 2.15. The molecule has 0 aromatic heterocycles. The Kier molecular flexibility index (Phi) is 4.96. The quantitative estimate of drug-likeness (QED) is 0.591. The zero-order valence-corrected chi connectivity index (χ0v) is 15.5. The number of carbonyl (C=O) groups is 2. The fraction of sp³-hybridized carbons (Fsp3) is 0.143. The van der Waals surface area contributed by atoms with Gasteiger partial charge in [0.25, 0.3) is 5.91 Å². The Labute approximate surface area is 157 Å². The second-order valence-electron chi connectivity index (χ2n) is 5.99. The van der Waals surface area contributed by atoms with Gasteiger partial charge in [0.05, 0.1) is 23.9 Å². The van der Waals surface area contributed by atoms with Crippen LogP contribution in [-0.2, 0) is 14.3 Å². The van der Waals surface area contributed by atoms with Gasteiger partial charge in [-0.15, -0.1) is 0 Å². The predicted octanol–water partition coefficient (Wildman–Crippen LogP) is 4.53. The third-order valence-electron chi connectivity index (χ3n) is 4.31. The molecule has 3 rings (SSSR count). The molecule has 0 spiro atoms. The van der Waals surface area contributed by atoms with Crippen molar-refractivity contribution >= 4 is 35.2 Å². The Morgan fingerprint density at radius 1 is 1.12 bits per heavy atom. The van der Waals surface area contributed by atoms with Gasteiger partial charge in [0.15, 0.2) is 0 Å². The fourth-order valence-corrected chi connectivity index (χ4v) is 3.10. The lowest BCUT2D eigenvalue weighted by molar-refractivity contribution is -0.136. The van der Waals surface area contributed by atoms with Gasteiger partial charge in [-0.2, -0.15) is 0 Å². The third kappa shape index (κ3) is 3.16. The Hall–Kier alpha value is -2.85. The average Bonchev–Trinajstić information content (AvgIpc) is 2.88. The highest BCUT2D eigenvalue weighted by Gasteiger charge is 2.37. The van der Waals surface area contributed by atoms with Crippen LogP contribution in [0.15, 0.2) is 65.4 Å². The molecule has 1 aliphatic rings. The lowest BCUT2D eigenvalue weighted by Gasteiger charge is -2.18. The first-order valence-electron chi connectivity index (χ1n) is 8.11. The van der Waals surface area contributed by atoms with E-state index in [0.29, 0.717) is 22.0 Å². The molecular formula is C21H18ClNO3. The van der Waals surface area contributed by atoms with Crippen molar-refractivity contribution in [2.45, 2.75) is 13.8 Å². The number of esters is 1. The van der Waals surface area contributed by atoms with Crippen molar-refractivity contribution in [2.75, 3.05) is 12.0 Å². The van der Waals surface area contributed by atoms with Gasteiger partial charge >= 0.3 is 5.97 Å². The number of anilines is 1. The first-order chi connectivity index (χ1) is 12.4. The molecule has 5 heteroatoms. The maximum absolute atomic E-state index is 13.1. The number of allylic oxidation sites excluding steroid dienone is 1. The van der Waals surface area contributed by atoms with Crippen molar-refractivity contribution in [3.05, 3.63) is 81.5 Å². The summed E-state index contributed by atoms with van der Waals surface area (Å²) in [6.45, 7) is 3.62. The second-order valence-corrected chi connectivity index (χ2v) is 6.40. The first kappa shape index (κ1) is 18.0. The SMILES string of the molecule is COC(=O)C1=C(C)N(c2ccc(C)c(Cl)c2)C(=O)/C1=C\c1ccccc1. The number of amides is 1. The predicted molar refractivity (Wildman–Crippen MR) is 103 cm³/mol. The third-order valence-corrected chi connectivity index (χ3v) is 4.72. The Bertz CT molecular complexity index is 945. The molecule has 0 saturated carbocycles. The lowest BCUT2D eigenvalue weighted by Crippen LogP contribution is -2.24. The Morgan fingerprint density at radius 3 is 2.42 bits per heavy atom. The zero-order chi connectivity index (χ0) is 18.8. The molecule has 0 unspecified atom stereocenters. The topological polar surface area (TPSA) is 46.6 Å². The molecule has 0 atom stereocenters. The van der Waals surface area contributed by atoms with Crippen LogP contribution in [0.25, 0.3) is 6.08 Å².